The first-order valence-electron chi connectivity index (χ1n) is 5.20. The maximum atomic E-state index is 12.1. The first kappa shape index (κ1) is 13.6. The van der Waals surface area contributed by atoms with Crippen LogP contribution in [0.25, 0.3) is 0 Å². The molecule has 94 valence electrons. The summed E-state index contributed by atoms with van der Waals surface area (Å²) in [5.74, 6) is 0.762. The molecule has 1 aromatic carbocycles. The van der Waals surface area contributed by atoms with E-state index >= 15 is 0 Å². The lowest BCUT2D eigenvalue weighted by Gasteiger charge is -2.03. The molecular formula is C13H10BrClO2S. The quantitative estimate of drug-likeness (QED) is 0.757. The lowest BCUT2D eigenvalue weighted by Crippen LogP contribution is -2.01. The van der Waals surface area contributed by atoms with Crippen LogP contribution in [0.2, 0.25) is 5.02 Å². The summed E-state index contributed by atoms with van der Waals surface area (Å²) >= 11 is 10.8. The van der Waals surface area contributed by atoms with E-state index < -0.39 is 0 Å². The van der Waals surface area contributed by atoms with Crippen molar-refractivity contribution in [2.75, 3.05) is 7.11 Å². The minimum Gasteiger partial charge on any atom is -0.496 e. The number of methoxy groups -OCH3 is 1. The third-order valence-corrected chi connectivity index (χ3v) is 4.25. The third kappa shape index (κ3) is 3.13. The van der Waals surface area contributed by atoms with Crippen LogP contribution in [0.5, 0.6) is 5.75 Å². The zero-order chi connectivity index (χ0) is 13.1. The minimum atomic E-state index is 0.0486. The highest BCUT2D eigenvalue weighted by Crippen LogP contribution is 2.26. The Hall–Kier alpha value is -0.840. The molecule has 0 unspecified atom stereocenters. The summed E-state index contributed by atoms with van der Waals surface area (Å²) in [6.07, 6.45) is 0.301. The molecule has 2 nitrogen and oxygen atoms in total. The van der Waals surface area contributed by atoms with Crippen LogP contribution in [0.15, 0.2) is 34.1 Å². The minimum absolute atomic E-state index is 0.0486. The number of benzene rings is 1. The fourth-order valence-corrected chi connectivity index (χ4v) is 3.03. The molecule has 0 saturated carbocycles. The van der Waals surface area contributed by atoms with Gasteiger partial charge in [-0.25, -0.2) is 0 Å². The van der Waals surface area contributed by atoms with Crippen LogP contribution in [-0.4, -0.2) is 12.9 Å². The van der Waals surface area contributed by atoms with Gasteiger partial charge in [0.2, 0.25) is 0 Å². The smallest absolute Gasteiger partial charge is 0.177 e. The van der Waals surface area contributed by atoms with Crippen molar-refractivity contribution in [3.05, 3.63) is 49.6 Å². The van der Waals surface area contributed by atoms with E-state index in [1.807, 2.05) is 17.5 Å². The van der Waals surface area contributed by atoms with Crippen LogP contribution in [-0.2, 0) is 6.42 Å². The molecule has 1 aromatic heterocycles. The summed E-state index contributed by atoms with van der Waals surface area (Å²) in [5, 5.41) is 2.41. The van der Waals surface area contributed by atoms with Gasteiger partial charge in [-0.3, -0.25) is 4.79 Å². The number of Topliss-reactive ketones (excluding diaryl/α,β-unsaturated/α-hetero) is 1. The fourth-order valence-electron chi connectivity index (χ4n) is 1.50. The van der Waals surface area contributed by atoms with Gasteiger partial charge >= 0.3 is 0 Å². The number of carbonyl (C=O) groups excluding carboxylic acids is 1. The van der Waals surface area contributed by atoms with Crippen molar-refractivity contribution in [1.82, 2.24) is 0 Å². The number of ketones is 1. The Labute approximate surface area is 123 Å². The molecule has 0 saturated heterocycles. The molecule has 0 fully saturated rings. The highest BCUT2D eigenvalue weighted by atomic mass is 79.9. The molecule has 0 bridgehead atoms. The third-order valence-electron chi connectivity index (χ3n) is 2.45. The van der Waals surface area contributed by atoms with Gasteiger partial charge in [0.25, 0.3) is 0 Å². The van der Waals surface area contributed by atoms with Crippen LogP contribution in [0.1, 0.15) is 15.2 Å². The van der Waals surface area contributed by atoms with Gasteiger partial charge in [0.15, 0.2) is 5.78 Å². The predicted molar refractivity (Wildman–Crippen MR) is 78.1 cm³/mol. The Morgan fingerprint density at radius 1 is 1.44 bits per heavy atom. The second-order valence-electron chi connectivity index (χ2n) is 3.69. The molecule has 0 atom stereocenters. The van der Waals surface area contributed by atoms with Gasteiger partial charge in [0.1, 0.15) is 5.75 Å². The van der Waals surface area contributed by atoms with Gasteiger partial charge in [0.05, 0.1) is 12.0 Å². The van der Waals surface area contributed by atoms with Crippen LogP contribution >= 0.6 is 38.9 Å². The maximum Gasteiger partial charge on any atom is 0.177 e. The SMILES string of the molecule is COc1csc(C(=O)Cc2ccc(Br)cc2Cl)c1. The first-order valence-corrected chi connectivity index (χ1v) is 7.25. The number of halogens is 2. The lowest BCUT2D eigenvalue weighted by atomic mass is 10.1. The average Bonchev–Trinajstić information content (AvgIpc) is 2.81. The van der Waals surface area contributed by atoms with Gasteiger partial charge in [-0.1, -0.05) is 33.6 Å². The zero-order valence-corrected chi connectivity index (χ0v) is 12.7. The number of ether oxygens (including phenoxy) is 1. The van der Waals surface area contributed by atoms with E-state index in [1.54, 1.807) is 19.2 Å². The van der Waals surface area contributed by atoms with Gasteiger partial charge in [-0.05, 0) is 17.7 Å². The monoisotopic (exact) mass is 344 g/mol. The molecule has 0 spiro atoms. The molecule has 2 rings (SSSR count). The summed E-state index contributed by atoms with van der Waals surface area (Å²) in [6.45, 7) is 0. The second kappa shape index (κ2) is 5.87. The Kier molecular flexibility index (Phi) is 4.43. The van der Waals surface area contributed by atoms with Crippen molar-refractivity contribution in [3.8, 4) is 5.75 Å². The number of rotatable bonds is 4. The van der Waals surface area contributed by atoms with Gasteiger partial charge in [0, 0.05) is 27.4 Å². The van der Waals surface area contributed by atoms with E-state index in [9.17, 15) is 4.79 Å². The highest BCUT2D eigenvalue weighted by Gasteiger charge is 2.12. The molecule has 18 heavy (non-hydrogen) atoms. The maximum absolute atomic E-state index is 12.1. The highest BCUT2D eigenvalue weighted by molar-refractivity contribution is 9.10. The summed E-state index contributed by atoms with van der Waals surface area (Å²) in [7, 11) is 1.59. The van der Waals surface area contributed by atoms with Crippen molar-refractivity contribution in [2.24, 2.45) is 0 Å². The van der Waals surface area contributed by atoms with E-state index in [1.165, 1.54) is 11.3 Å². The Morgan fingerprint density at radius 2 is 2.22 bits per heavy atom. The molecule has 5 heteroatoms. The number of thiophene rings is 1. The number of hydrogen-bond acceptors (Lipinski definition) is 3. The number of hydrogen-bond donors (Lipinski definition) is 0. The predicted octanol–water partition coefficient (Wildman–Crippen LogP) is 4.60. The van der Waals surface area contributed by atoms with Gasteiger partial charge < -0.3 is 4.74 Å². The summed E-state index contributed by atoms with van der Waals surface area (Å²) in [6, 6.07) is 7.28. The van der Waals surface area contributed by atoms with Gasteiger partial charge in [-0.15, -0.1) is 11.3 Å². The number of carbonyl (C=O) groups is 1. The average molecular weight is 346 g/mol. The van der Waals surface area contributed by atoms with Crippen LogP contribution in [0.4, 0.5) is 0 Å². The van der Waals surface area contributed by atoms with E-state index in [4.69, 9.17) is 16.3 Å². The summed E-state index contributed by atoms with van der Waals surface area (Å²) in [5.41, 5.74) is 0.831. The molecule has 0 N–H and O–H groups in total. The van der Waals surface area contributed by atoms with E-state index in [2.05, 4.69) is 15.9 Å². The Bertz CT molecular complexity index is 580. The largest absolute Gasteiger partial charge is 0.496 e. The normalized spacial score (nSPS) is 10.4. The molecular weight excluding hydrogens is 336 g/mol. The van der Waals surface area contributed by atoms with E-state index in [0.717, 1.165) is 10.0 Å². The fraction of sp³-hybridized carbons (Fsp3) is 0.154. The molecule has 0 radical (unpaired) electrons. The van der Waals surface area contributed by atoms with Gasteiger partial charge in [-0.2, -0.15) is 0 Å². The standard InChI is InChI=1S/C13H10BrClO2S/c1-17-10-6-13(18-7-10)12(16)4-8-2-3-9(14)5-11(8)15/h2-3,5-7H,4H2,1H3. The molecule has 0 aliphatic heterocycles. The first-order chi connectivity index (χ1) is 8.60. The molecule has 0 amide bonds. The van der Waals surface area contributed by atoms with Crippen molar-refractivity contribution < 1.29 is 9.53 Å². The van der Waals surface area contributed by atoms with E-state index in [-0.39, 0.29) is 5.78 Å². The van der Waals surface area contributed by atoms with Crippen molar-refractivity contribution in [1.29, 1.82) is 0 Å². The summed E-state index contributed by atoms with van der Waals surface area (Å²) in [4.78, 5) is 12.8. The van der Waals surface area contributed by atoms with Crippen molar-refractivity contribution in [3.63, 3.8) is 0 Å². The van der Waals surface area contributed by atoms with Crippen LogP contribution in [0, 0.1) is 0 Å². The molecule has 0 aliphatic rings. The Morgan fingerprint density at radius 3 is 2.83 bits per heavy atom. The van der Waals surface area contributed by atoms with E-state index in [0.29, 0.717) is 22.1 Å². The Balaban J connectivity index is 2.16. The van der Waals surface area contributed by atoms with Crippen LogP contribution in [0.3, 0.4) is 0 Å². The zero-order valence-electron chi connectivity index (χ0n) is 9.57. The van der Waals surface area contributed by atoms with Crippen LogP contribution < -0.4 is 4.74 Å². The van der Waals surface area contributed by atoms with Crippen molar-refractivity contribution in [2.45, 2.75) is 6.42 Å². The molecule has 1 heterocycles. The van der Waals surface area contributed by atoms with Crippen molar-refractivity contribution >= 4 is 44.7 Å². The lowest BCUT2D eigenvalue weighted by molar-refractivity contribution is 0.0996. The molecule has 0 aliphatic carbocycles. The second-order valence-corrected chi connectivity index (χ2v) is 5.92. The molecule has 2 aromatic rings. The topological polar surface area (TPSA) is 26.3 Å². The summed E-state index contributed by atoms with van der Waals surface area (Å²) < 4.78 is 5.96.